The average Bonchev–Trinajstić information content (AvgIpc) is 2.62. The first-order chi connectivity index (χ1) is 7.90. The van der Waals surface area contributed by atoms with E-state index in [9.17, 15) is 9.59 Å². The predicted molar refractivity (Wildman–Crippen MR) is 62.9 cm³/mol. The van der Waals surface area contributed by atoms with E-state index < -0.39 is 11.9 Å². The maximum atomic E-state index is 11.5. The molecule has 0 aliphatic carbocycles. The van der Waals surface area contributed by atoms with Gasteiger partial charge in [-0.2, -0.15) is 0 Å². The molecule has 0 aliphatic heterocycles. The molecule has 6 heteroatoms. The number of imidazole rings is 1. The normalized spacial score (nSPS) is 12.5. The molecule has 0 saturated heterocycles. The third kappa shape index (κ3) is 3.90. The Morgan fingerprint density at radius 1 is 1.53 bits per heavy atom. The fourth-order valence-corrected chi connectivity index (χ4v) is 1.34. The molecule has 1 atom stereocenters. The molecule has 17 heavy (non-hydrogen) atoms. The van der Waals surface area contributed by atoms with Crippen LogP contribution in [0.25, 0.3) is 0 Å². The van der Waals surface area contributed by atoms with E-state index in [1.54, 1.807) is 30.9 Å². The number of hydrogen-bond acceptors (Lipinski definition) is 3. The minimum Gasteiger partial charge on any atom is -0.368 e. The fourth-order valence-electron chi connectivity index (χ4n) is 1.34. The molecule has 0 fully saturated rings. The zero-order chi connectivity index (χ0) is 13.0. The Balaban J connectivity index is 2.67. The molecule has 1 rings (SSSR count). The second kappa shape index (κ2) is 5.47. The fraction of sp³-hybridized carbons (Fsp3) is 0.545. The van der Waals surface area contributed by atoms with E-state index in [0.717, 1.165) is 5.69 Å². The highest BCUT2D eigenvalue weighted by molar-refractivity contribution is 5.87. The van der Waals surface area contributed by atoms with Crippen LogP contribution in [0.15, 0.2) is 12.5 Å². The van der Waals surface area contributed by atoms with Crippen molar-refractivity contribution in [3.8, 4) is 0 Å². The maximum Gasteiger partial charge on any atom is 0.240 e. The van der Waals surface area contributed by atoms with Gasteiger partial charge in [0.25, 0.3) is 0 Å². The van der Waals surface area contributed by atoms with Crippen LogP contribution in [0.3, 0.4) is 0 Å². The summed E-state index contributed by atoms with van der Waals surface area (Å²) < 4.78 is 1.78. The lowest BCUT2D eigenvalue weighted by Gasteiger charge is -2.15. The van der Waals surface area contributed by atoms with Crippen molar-refractivity contribution in [1.82, 2.24) is 14.9 Å². The van der Waals surface area contributed by atoms with Crippen LogP contribution in [-0.4, -0.2) is 27.4 Å². The van der Waals surface area contributed by atoms with Crippen LogP contribution >= 0.6 is 0 Å². The van der Waals surface area contributed by atoms with E-state index in [-0.39, 0.29) is 11.8 Å². The van der Waals surface area contributed by atoms with E-state index >= 15 is 0 Å². The summed E-state index contributed by atoms with van der Waals surface area (Å²) in [7, 11) is 1.84. The van der Waals surface area contributed by atoms with Gasteiger partial charge in [-0.25, -0.2) is 4.98 Å². The standard InChI is InChI=1S/C11H18N4O2/c1-7(2)11(17)14-9(10(12)16)4-8-5-15(3)6-13-8/h5-7,9H,4H2,1-3H3,(H2,12,16)(H,14,17). The molecular weight excluding hydrogens is 220 g/mol. The summed E-state index contributed by atoms with van der Waals surface area (Å²) in [5.74, 6) is -0.921. The molecule has 1 aromatic rings. The van der Waals surface area contributed by atoms with Crippen molar-refractivity contribution in [3.05, 3.63) is 18.2 Å². The minimum absolute atomic E-state index is 0.180. The summed E-state index contributed by atoms with van der Waals surface area (Å²) in [6, 6.07) is -0.709. The number of rotatable bonds is 5. The zero-order valence-electron chi connectivity index (χ0n) is 10.3. The van der Waals surface area contributed by atoms with Gasteiger partial charge in [-0.05, 0) is 0 Å². The van der Waals surface area contributed by atoms with Crippen molar-refractivity contribution < 1.29 is 9.59 Å². The van der Waals surface area contributed by atoms with Gasteiger partial charge in [0.15, 0.2) is 0 Å². The van der Waals surface area contributed by atoms with Crippen LogP contribution in [0, 0.1) is 5.92 Å². The third-order valence-electron chi connectivity index (χ3n) is 2.36. The van der Waals surface area contributed by atoms with Crippen LogP contribution < -0.4 is 11.1 Å². The van der Waals surface area contributed by atoms with Gasteiger partial charge in [0.1, 0.15) is 6.04 Å². The van der Waals surface area contributed by atoms with Crippen LogP contribution in [-0.2, 0) is 23.1 Å². The van der Waals surface area contributed by atoms with Gasteiger partial charge in [-0.15, -0.1) is 0 Å². The molecule has 6 nitrogen and oxygen atoms in total. The van der Waals surface area contributed by atoms with Crippen LogP contribution in [0.2, 0.25) is 0 Å². The maximum absolute atomic E-state index is 11.5. The van der Waals surface area contributed by atoms with Gasteiger partial charge in [-0.3, -0.25) is 9.59 Å². The van der Waals surface area contributed by atoms with Crippen molar-refractivity contribution >= 4 is 11.8 Å². The lowest BCUT2D eigenvalue weighted by Crippen LogP contribution is -2.47. The smallest absolute Gasteiger partial charge is 0.240 e. The average molecular weight is 238 g/mol. The predicted octanol–water partition coefficient (Wildman–Crippen LogP) is -0.411. The first kappa shape index (κ1) is 13.2. The minimum atomic E-state index is -0.709. The number of nitrogens with zero attached hydrogens (tertiary/aromatic N) is 2. The zero-order valence-corrected chi connectivity index (χ0v) is 10.3. The number of aromatic nitrogens is 2. The number of carbonyl (C=O) groups is 2. The van der Waals surface area contributed by atoms with Crippen molar-refractivity contribution in [2.45, 2.75) is 26.3 Å². The van der Waals surface area contributed by atoms with Gasteiger partial charge in [-0.1, -0.05) is 13.8 Å². The molecule has 0 aliphatic rings. The van der Waals surface area contributed by atoms with Crippen molar-refractivity contribution in [3.63, 3.8) is 0 Å². The number of nitrogens with two attached hydrogens (primary N) is 1. The summed E-state index contributed by atoms with van der Waals surface area (Å²) in [5, 5.41) is 2.61. The van der Waals surface area contributed by atoms with Gasteiger partial charge in [0.05, 0.1) is 12.0 Å². The molecule has 1 unspecified atom stereocenters. The molecule has 2 amide bonds. The summed E-state index contributed by atoms with van der Waals surface area (Å²) in [5.41, 5.74) is 5.97. The Labute approximate surface area is 100 Å². The first-order valence-electron chi connectivity index (χ1n) is 5.46. The summed E-state index contributed by atoms with van der Waals surface area (Å²) in [6.07, 6.45) is 3.74. The molecule has 0 spiro atoms. The van der Waals surface area contributed by atoms with E-state index in [0.29, 0.717) is 6.42 Å². The molecule has 1 heterocycles. The van der Waals surface area contributed by atoms with Gasteiger partial charge in [0, 0.05) is 25.6 Å². The van der Waals surface area contributed by atoms with E-state index in [1.165, 1.54) is 0 Å². The number of aryl methyl sites for hydroxylation is 1. The van der Waals surface area contributed by atoms with E-state index in [4.69, 9.17) is 5.73 Å². The lowest BCUT2D eigenvalue weighted by molar-refractivity contribution is -0.129. The Hall–Kier alpha value is -1.85. The Bertz CT molecular complexity index is 411. The molecule has 0 radical (unpaired) electrons. The number of hydrogen-bond donors (Lipinski definition) is 2. The highest BCUT2D eigenvalue weighted by Gasteiger charge is 2.20. The number of carbonyl (C=O) groups excluding carboxylic acids is 2. The van der Waals surface area contributed by atoms with Crippen LogP contribution in [0.1, 0.15) is 19.5 Å². The highest BCUT2D eigenvalue weighted by Crippen LogP contribution is 2.01. The monoisotopic (exact) mass is 238 g/mol. The largest absolute Gasteiger partial charge is 0.368 e. The number of amides is 2. The molecule has 0 aromatic carbocycles. The van der Waals surface area contributed by atoms with E-state index in [1.807, 2.05) is 7.05 Å². The number of primary amides is 1. The molecule has 94 valence electrons. The SMILES string of the molecule is CC(C)C(=O)NC(Cc1cn(C)cn1)C(N)=O. The van der Waals surface area contributed by atoms with Crippen molar-refractivity contribution in [2.24, 2.45) is 18.7 Å². The summed E-state index contributed by atoms with van der Waals surface area (Å²) in [6.45, 7) is 3.52. The van der Waals surface area contributed by atoms with Crippen LogP contribution in [0.4, 0.5) is 0 Å². The Kier molecular flexibility index (Phi) is 4.25. The van der Waals surface area contributed by atoms with Gasteiger partial charge >= 0.3 is 0 Å². The molecule has 1 aromatic heterocycles. The second-order valence-corrected chi connectivity index (χ2v) is 4.35. The topological polar surface area (TPSA) is 90.0 Å². The second-order valence-electron chi connectivity index (χ2n) is 4.35. The summed E-state index contributed by atoms with van der Waals surface area (Å²) >= 11 is 0. The lowest BCUT2D eigenvalue weighted by atomic mass is 10.1. The Morgan fingerprint density at radius 2 is 2.18 bits per heavy atom. The first-order valence-corrected chi connectivity index (χ1v) is 5.46. The molecule has 0 bridgehead atoms. The van der Waals surface area contributed by atoms with Crippen molar-refractivity contribution in [2.75, 3.05) is 0 Å². The summed E-state index contributed by atoms with van der Waals surface area (Å²) in [4.78, 5) is 26.8. The molecular formula is C11H18N4O2. The van der Waals surface area contributed by atoms with Gasteiger partial charge < -0.3 is 15.6 Å². The van der Waals surface area contributed by atoms with Crippen molar-refractivity contribution in [1.29, 1.82) is 0 Å². The van der Waals surface area contributed by atoms with Crippen LogP contribution in [0.5, 0.6) is 0 Å². The molecule has 3 N–H and O–H groups in total. The Morgan fingerprint density at radius 3 is 2.59 bits per heavy atom. The molecule has 0 saturated carbocycles. The van der Waals surface area contributed by atoms with E-state index in [2.05, 4.69) is 10.3 Å². The van der Waals surface area contributed by atoms with Gasteiger partial charge in [0.2, 0.25) is 11.8 Å². The number of nitrogens with one attached hydrogen (secondary N) is 1. The highest BCUT2D eigenvalue weighted by atomic mass is 16.2. The quantitative estimate of drug-likeness (QED) is 0.730. The third-order valence-corrected chi connectivity index (χ3v) is 2.36.